The highest BCUT2D eigenvalue weighted by Crippen LogP contribution is 2.40. The first-order valence-electron chi connectivity index (χ1n) is 9.44. The van der Waals surface area contributed by atoms with Crippen molar-refractivity contribution in [3.05, 3.63) is 53.1 Å². The van der Waals surface area contributed by atoms with Gasteiger partial charge in [-0.1, -0.05) is 12.1 Å². The number of piperidine rings is 1. The van der Waals surface area contributed by atoms with Crippen LogP contribution in [0.15, 0.2) is 35.1 Å². The Morgan fingerprint density at radius 2 is 2.21 bits per heavy atom. The summed E-state index contributed by atoms with van der Waals surface area (Å²) in [5.41, 5.74) is 0.0628. The van der Waals surface area contributed by atoms with Gasteiger partial charge in [0.05, 0.1) is 22.2 Å². The molecule has 0 aromatic carbocycles. The number of aromatic nitrogens is 3. The number of halogens is 3. The Hall–Kier alpha value is -2.97. The Kier molecular flexibility index (Phi) is 4.97. The van der Waals surface area contributed by atoms with E-state index in [-0.39, 0.29) is 35.2 Å². The molecule has 0 spiro atoms. The van der Waals surface area contributed by atoms with Gasteiger partial charge in [-0.05, 0) is 37.5 Å². The summed E-state index contributed by atoms with van der Waals surface area (Å²) in [6.45, 7) is 2.53. The molecule has 1 aliphatic heterocycles. The predicted molar refractivity (Wildman–Crippen MR) is 98.3 cm³/mol. The number of likely N-dealkylation sites (tertiary alicyclic amines) is 1. The number of alkyl halides is 3. The Labute approximate surface area is 164 Å². The third-order valence-electron chi connectivity index (χ3n) is 5.20. The van der Waals surface area contributed by atoms with E-state index in [1.165, 1.54) is 6.20 Å². The third-order valence-corrected chi connectivity index (χ3v) is 5.20. The summed E-state index contributed by atoms with van der Waals surface area (Å²) in [5.74, 6) is -0.556. The topological polar surface area (TPSA) is 72.1 Å². The van der Waals surface area contributed by atoms with Crippen LogP contribution in [0.25, 0.3) is 11.1 Å². The molecule has 29 heavy (non-hydrogen) atoms. The normalized spacial score (nSPS) is 17.7. The summed E-state index contributed by atoms with van der Waals surface area (Å²) < 4.78 is 46.3. The molecule has 3 aromatic rings. The smallest absolute Gasteiger partial charge is 0.338 e. The van der Waals surface area contributed by atoms with Crippen molar-refractivity contribution < 1.29 is 22.5 Å². The van der Waals surface area contributed by atoms with Crippen LogP contribution in [0.5, 0.6) is 0 Å². The largest absolute Gasteiger partial charge is 0.417 e. The molecule has 1 aliphatic rings. The average Bonchev–Trinajstić information content (AvgIpc) is 3.16. The van der Waals surface area contributed by atoms with E-state index in [9.17, 15) is 18.0 Å². The van der Waals surface area contributed by atoms with Gasteiger partial charge in [-0.3, -0.25) is 9.78 Å². The molecule has 6 nitrogen and oxygen atoms in total. The van der Waals surface area contributed by atoms with Crippen LogP contribution >= 0.6 is 0 Å². The molecule has 9 heteroatoms. The van der Waals surface area contributed by atoms with Gasteiger partial charge < -0.3 is 9.42 Å². The van der Waals surface area contributed by atoms with Crippen LogP contribution in [0.4, 0.5) is 13.2 Å². The number of amides is 1. The van der Waals surface area contributed by atoms with Crippen LogP contribution in [-0.4, -0.2) is 39.0 Å². The number of hydrogen-bond acceptors (Lipinski definition) is 5. The van der Waals surface area contributed by atoms with Crippen molar-refractivity contribution in [2.45, 2.75) is 38.3 Å². The number of nitrogens with zero attached hydrogens (tertiary/aromatic N) is 4. The molecule has 1 atom stereocenters. The van der Waals surface area contributed by atoms with Gasteiger partial charge in [-0.2, -0.15) is 13.2 Å². The zero-order chi connectivity index (χ0) is 20.6. The van der Waals surface area contributed by atoms with Gasteiger partial charge >= 0.3 is 6.18 Å². The number of rotatable bonds is 3. The molecule has 1 fully saturated rings. The van der Waals surface area contributed by atoms with Gasteiger partial charge in [0, 0.05) is 37.1 Å². The minimum Gasteiger partial charge on any atom is -0.338 e. The Bertz CT molecular complexity index is 1030. The van der Waals surface area contributed by atoms with Gasteiger partial charge in [0.15, 0.2) is 0 Å². The number of carbonyl (C=O) groups excluding carboxylic acids is 1. The minimum atomic E-state index is -4.55. The lowest BCUT2D eigenvalue weighted by molar-refractivity contribution is -0.136. The van der Waals surface area contributed by atoms with E-state index in [2.05, 4.69) is 15.1 Å². The fourth-order valence-electron chi connectivity index (χ4n) is 3.76. The molecular formula is C20H19F3N4O2. The number of pyridine rings is 2. The summed E-state index contributed by atoms with van der Waals surface area (Å²) in [6.07, 6.45) is 0.137. The molecule has 1 amide bonds. The molecule has 0 bridgehead atoms. The van der Waals surface area contributed by atoms with Crippen molar-refractivity contribution in [1.82, 2.24) is 20.0 Å². The molecule has 4 rings (SSSR count). The second kappa shape index (κ2) is 7.46. The Balaban J connectivity index is 1.70. The van der Waals surface area contributed by atoms with Crippen molar-refractivity contribution in [1.29, 1.82) is 0 Å². The minimum absolute atomic E-state index is 0.102. The van der Waals surface area contributed by atoms with Gasteiger partial charge in [0.2, 0.25) is 0 Å². The molecule has 4 heterocycles. The lowest BCUT2D eigenvalue weighted by Gasteiger charge is -2.32. The summed E-state index contributed by atoms with van der Waals surface area (Å²) in [6, 6.07) is 4.40. The highest BCUT2D eigenvalue weighted by molar-refractivity contribution is 5.94. The zero-order valence-electron chi connectivity index (χ0n) is 15.7. The lowest BCUT2D eigenvalue weighted by atomic mass is 9.91. The van der Waals surface area contributed by atoms with Gasteiger partial charge in [0.1, 0.15) is 0 Å². The molecule has 0 N–H and O–H groups in total. The van der Waals surface area contributed by atoms with E-state index in [0.717, 1.165) is 6.07 Å². The van der Waals surface area contributed by atoms with E-state index in [1.807, 2.05) is 0 Å². The molecule has 3 aromatic heterocycles. The van der Waals surface area contributed by atoms with E-state index in [0.29, 0.717) is 37.1 Å². The third kappa shape index (κ3) is 3.68. The Morgan fingerprint density at radius 1 is 1.38 bits per heavy atom. The second-order valence-electron chi connectivity index (χ2n) is 7.09. The van der Waals surface area contributed by atoms with Crippen molar-refractivity contribution in [2.24, 2.45) is 0 Å². The first-order valence-corrected chi connectivity index (χ1v) is 9.44. The molecule has 0 unspecified atom stereocenters. The van der Waals surface area contributed by atoms with Crippen molar-refractivity contribution in [3.8, 4) is 0 Å². The van der Waals surface area contributed by atoms with Crippen LogP contribution in [0.1, 0.15) is 53.0 Å². The highest BCUT2D eigenvalue weighted by atomic mass is 19.4. The molecular weight excluding hydrogens is 385 g/mol. The summed E-state index contributed by atoms with van der Waals surface area (Å²) in [5, 5.41) is 3.85. The van der Waals surface area contributed by atoms with Crippen molar-refractivity contribution in [2.75, 3.05) is 13.1 Å². The quantitative estimate of drug-likeness (QED) is 0.654. The summed E-state index contributed by atoms with van der Waals surface area (Å²) >= 11 is 0. The predicted octanol–water partition coefficient (Wildman–Crippen LogP) is 4.22. The molecule has 0 saturated carbocycles. The molecule has 1 saturated heterocycles. The monoisotopic (exact) mass is 404 g/mol. The van der Waals surface area contributed by atoms with Crippen molar-refractivity contribution in [3.63, 3.8) is 0 Å². The second-order valence-corrected chi connectivity index (χ2v) is 7.09. The van der Waals surface area contributed by atoms with Crippen LogP contribution in [0.2, 0.25) is 0 Å². The van der Waals surface area contributed by atoms with Crippen LogP contribution in [0, 0.1) is 0 Å². The van der Waals surface area contributed by atoms with E-state index >= 15 is 0 Å². The van der Waals surface area contributed by atoms with E-state index < -0.39 is 11.7 Å². The highest BCUT2D eigenvalue weighted by Gasteiger charge is 2.38. The maximum Gasteiger partial charge on any atom is 0.417 e. The maximum atomic E-state index is 13.7. The fraction of sp³-hybridized carbons (Fsp3) is 0.400. The van der Waals surface area contributed by atoms with E-state index in [1.54, 1.807) is 30.2 Å². The van der Waals surface area contributed by atoms with Gasteiger partial charge in [-0.15, -0.1) is 0 Å². The lowest BCUT2D eigenvalue weighted by Crippen LogP contribution is -2.39. The fourth-order valence-corrected chi connectivity index (χ4v) is 3.76. The van der Waals surface area contributed by atoms with Crippen LogP contribution in [0.3, 0.4) is 0 Å². The number of aryl methyl sites for hydroxylation is 1. The standard InChI is InChI=1S/C20H19F3N4O2/c1-2-14-9-15(20(21,22)23)16-17(26-29-18(16)25-14)13-6-4-8-27(11-13)19(28)12-5-3-7-24-10-12/h3,5,7,9-10,13H,2,4,6,8,11H2,1H3/t13-/m0/s1. The average molecular weight is 404 g/mol. The summed E-state index contributed by atoms with van der Waals surface area (Å²) in [7, 11) is 0. The first-order chi connectivity index (χ1) is 13.9. The molecule has 152 valence electrons. The maximum absolute atomic E-state index is 13.7. The Morgan fingerprint density at radius 3 is 2.90 bits per heavy atom. The first kappa shape index (κ1) is 19.4. The number of carbonyl (C=O) groups is 1. The van der Waals surface area contributed by atoms with Crippen LogP contribution < -0.4 is 0 Å². The molecule has 0 aliphatic carbocycles. The number of fused-ring (bicyclic) bond motifs is 1. The van der Waals surface area contributed by atoms with Crippen molar-refractivity contribution >= 4 is 17.0 Å². The summed E-state index contributed by atoms with van der Waals surface area (Å²) in [4.78, 5) is 22.5. The van der Waals surface area contributed by atoms with Crippen LogP contribution in [-0.2, 0) is 12.6 Å². The van der Waals surface area contributed by atoms with Gasteiger partial charge in [0.25, 0.3) is 11.6 Å². The zero-order valence-corrected chi connectivity index (χ0v) is 15.7. The molecule has 0 radical (unpaired) electrons. The number of hydrogen-bond donors (Lipinski definition) is 0. The van der Waals surface area contributed by atoms with Gasteiger partial charge in [-0.25, -0.2) is 4.98 Å². The SMILES string of the molecule is CCc1cc(C(F)(F)F)c2c([C@H]3CCCN(C(=O)c4cccnc4)C3)noc2n1. The van der Waals surface area contributed by atoms with E-state index in [4.69, 9.17) is 4.52 Å².